The Morgan fingerprint density at radius 2 is 2.00 bits per heavy atom. The summed E-state index contributed by atoms with van der Waals surface area (Å²) < 4.78 is 0. The number of carbonyl (C=O) groups is 1. The molecule has 1 aliphatic heterocycles. The number of nitrogens with one attached hydrogen (secondary N) is 1. The van der Waals surface area contributed by atoms with E-state index < -0.39 is 0 Å². The van der Waals surface area contributed by atoms with Crippen molar-refractivity contribution < 1.29 is 9.90 Å². The van der Waals surface area contributed by atoms with Gasteiger partial charge < -0.3 is 15.3 Å². The minimum absolute atomic E-state index is 0.0594. The Labute approximate surface area is 101 Å². The third-order valence-electron chi connectivity index (χ3n) is 3.09. The molecule has 92 valence electrons. The Hall–Kier alpha value is -1.39. The van der Waals surface area contributed by atoms with Crippen LogP contribution < -0.4 is 5.32 Å². The second-order valence-corrected chi connectivity index (χ2v) is 4.41. The molecule has 0 bridgehead atoms. The third kappa shape index (κ3) is 2.84. The summed E-state index contributed by atoms with van der Waals surface area (Å²) in [6.07, 6.45) is 0. The number of hydrogen-bond donors (Lipinski definition) is 2. The van der Waals surface area contributed by atoms with E-state index in [1.807, 2.05) is 36.1 Å². The second kappa shape index (κ2) is 5.29. The number of aliphatic hydroxyl groups excluding tert-OH is 1. The molecule has 1 fully saturated rings. The molecule has 1 atom stereocenters. The van der Waals surface area contributed by atoms with E-state index in [1.54, 1.807) is 0 Å². The Bertz CT molecular complexity index is 389. The highest BCUT2D eigenvalue weighted by molar-refractivity contribution is 5.82. The van der Waals surface area contributed by atoms with E-state index in [4.69, 9.17) is 5.11 Å². The molecule has 2 rings (SSSR count). The summed E-state index contributed by atoms with van der Waals surface area (Å²) in [7, 11) is 0. The van der Waals surface area contributed by atoms with Crippen LogP contribution in [0.1, 0.15) is 18.1 Å². The van der Waals surface area contributed by atoms with Crippen molar-refractivity contribution in [1.82, 2.24) is 10.2 Å². The molecule has 4 nitrogen and oxygen atoms in total. The summed E-state index contributed by atoms with van der Waals surface area (Å²) in [6, 6.07) is 7.63. The van der Waals surface area contributed by atoms with Gasteiger partial charge >= 0.3 is 0 Å². The number of piperazine rings is 1. The van der Waals surface area contributed by atoms with Crippen LogP contribution >= 0.6 is 0 Å². The molecule has 4 heteroatoms. The first-order valence-electron chi connectivity index (χ1n) is 5.91. The van der Waals surface area contributed by atoms with Gasteiger partial charge in [0.15, 0.2) is 0 Å². The van der Waals surface area contributed by atoms with Crippen molar-refractivity contribution in [1.29, 1.82) is 0 Å². The fourth-order valence-corrected chi connectivity index (χ4v) is 2.01. The Morgan fingerprint density at radius 3 is 2.65 bits per heavy atom. The number of rotatable bonds is 3. The van der Waals surface area contributed by atoms with Gasteiger partial charge in [0, 0.05) is 19.6 Å². The number of carbonyl (C=O) groups excluding carboxylic acids is 1. The molecular formula is C13H18N2O2. The van der Waals surface area contributed by atoms with Crippen molar-refractivity contribution >= 4 is 5.91 Å². The van der Waals surface area contributed by atoms with Gasteiger partial charge in [-0.3, -0.25) is 4.79 Å². The van der Waals surface area contributed by atoms with E-state index in [2.05, 4.69) is 5.32 Å². The van der Waals surface area contributed by atoms with Crippen LogP contribution in [0.3, 0.4) is 0 Å². The SMILES string of the molecule is CC1NCCN(Cc2ccc(CO)cc2)C1=O. The smallest absolute Gasteiger partial charge is 0.239 e. The highest BCUT2D eigenvalue weighted by Gasteiger charge is 2.24. The zero-order valence-corrected chi connectivity index (χ0v) is 10.0. The molecule has 1 aromatic carbocycles. The number of amides is 1. The summed E-state index contributed by atoms with van der Waals surface area (Å²) in [5.41, 5.74) is 2.00. The summed E-state index contributed by atoms with van der Waals surface area (Å²) in [4.78, 5) is 13.7. The topological polar surface area (TPSA) is 52.6 Å². The van der Waals surface area contributed by atoms with Crippen LogP contribution in [0.2, 0.25) is 0 Å². The van der Waals surface area contributed by atoms with E-state index >= 15 is 0 Å². The van der Waals surface area contributed by atoms with Crippen LogP contribution in [-0.2, 0) is 17.9 Å². The second-order valence-electron chi connectivity index (χ2n) is 4.41. The minimum Gasteiger partial charge on any atom is -0.392 e. The average Bonchev–Trinajstić information content (AvgIpc) is 2.36. The Balaban J connectivity index is 2.01. The van der Waals surface area contributed by atoms with E-state index in [0.717, 1.165) is 24.2 Å². The van der Waals surface area contributed by atoms with Gasteiger partial charge in [-0.25, -0.2) is 0 Å². The standard InChI is InChI=1S/C13H18N2O2/c1-10-13(17)15(7-6-14-10)8-11-2-4-12(9-16)5-3-11/h2-5,10,14,16H,6-9H2,1H3. The molecule has 1 unspecified atom stereocenters. The molecule has 1 aromatic rings. The normalized spacial score (nSPS) is 20.7. The lowest BCUT2D eigenvalue weighted by atomic mass is 10.1. The quantitative estimate of drug-likeness (QED) is 0.800. The zero-order chi connectivity index (χ0) is 12.3. The van der Waals surface area contributed by atoms with Gasteiger partial charge in [0.1, 0.15) is 0 Å². The molecule has 1 saturated heterocycles. The van der Waals surface area contributed by atoms with E-state index in [0.29, 0.717) is 6.54 Å². The summed E-state index contributed by atoms with van der Waals surface area (Å²) in [5, 5.41) is 12.1. The van der Waals surface area contributed by atoms with E-state index in [9.17, 15) is 4.79 Å². The lowest BCUT2D eigenvalue weighted by molar-refractivity contribution is -0.135. The summed E-state index contributed by atoms with van der Waals surface area (Å²) in [5.74, 6) is 0.155. The van der Waals surface area contributed by atoms with Gasteiger partial charge in [0.2, 0.25) is 5.91 Å². The largest absolute Gasteiger partial charge is 0.392 e. The predicted octanol–water partition coefficient (Wildman–Crippen LogP) is 0.499. The lowest BCUT2D eigenvalue weighted by Gasteiger charge is -2.31. The van der Waals surface area contributed by atoms with Gasteiger partial charge in [-0.15, -0.1) is 0 Å². The summed E-state index contributed by atoms with van der Waals surface area (Å²) >= 11 is 0. The summed E-state index contributed by atoms with van der Waals surface area (Å²) in [6.45, 7) is 4.20. The van der Waals surface area contributed by atoms with Gasteiger partial charge in [-0.1, -0.05) is 24.3 Å². The molecule has 2 N–H and O–H groups in total. The number of aliphatic hydroxyl groups is 1. The van der Waals surface area contributed by atoms with Gasteiger partial charge in [0.25, 0.3) is 0 Å². The van der Waals surface area contributed by atoms with E-state index in [-0.39, 0.29) is 18.6 Å². The van der Waals surface area contributed by atoms with Crippen molar-refractivity contribution in [3.05, 3.63) is 35.4 Å². The van der Waals surface area contributed by atoms with Crippen LogP contribution in [0.15, 0.2) is 24.3 Å². The first-order chi connectivity index (χ1) is 8.20. The lowest BCUT2D eigenvalue weighted by Crippen LogP contribution is -2.53. The van der Waals surface area contributed by atoms with Crippen molar-refractivity contribution in [2.45, 2.75) is 26.1 Å². The number of nitrogens with zero attached hydrogens (tertiary/aromatic N) is 1. The van der Waals surface area contributed by atoms with Crippen molar-refractivity contribution in [2.75, 3.05) is 13.1 Å². The van der Waals surface area contributed by atoms with Gasteiger partial charge in [-0.2, -0.15) is 0 Å². The van der Waals surface area contributed by atoms with Gasteiger partial charge in [0.05, 0.1) is 12.6 Å². The van der Waals surface area contributed by atoms with E-state index in [1.165, 1.54) is 0 Å². The first-order valence-corrected chi connectivity index (χ1v) is 5.91. The van der Waals surface area contributed by atoms with Crippen molar-refractivity contribution in [3.8, 4) is 0 Å². The van der Waals surface area contributed by atoms with Crippen molar-refractivity contribution in [3.63, 3.8) is 0 Å². The zero-order valence-electron chi connectivity index (χ0n) is 10.0. The maximum atomic E-state index is 11.9. The number of hydrogen-bond acceptors (Lipinski definition) is 3. The van der Waals surface area contributed by atoms with Crippen LogP contribution in [0.25, 0.3) is 0 Å². The molecule has 1 heterocycles. The van der Waals surface area contributed by atoms with Crippen LogP contribution in [0.5, 0.6) is 0 Å². The molecule has 0 aromatic heterocycles. The average molecular weight is 234 g/mol. The van der Waals surface area contributed by atoms with Crippen LogP contribution in [-0.4, -0.2) is 35.0 Å². The maximum absolute atomic E-state index is 11.9. The highest BCUT2D eigenvalue weighted by atomic mass is 16.3. The fraction of sp³-hybridized carbons (Fsp3) is 0.462. The molecule has 17 heavy (non-hydrogen) atoms. The number of benzene rings is 1. The Kier molecular flexibility index (Phi) is 3.76. The molecule has 0 saturated carbocycles. The minimum atomic E-state index is -0.0829. The monoisotopic (exact) mass is 234 g/mol. The molecule has 0 aliphatic carbocycles. The highest BCUT2D eigenvalue weighted by Crippen LogP contribution is 2.10. The van der Waals surface area contributed by atoms with Gasteiger partial charge in [-0.05, 0) is 18.1 Å². The molecule has 1 aliphatic rings. The van der Waals surface area contributed by atoms with Crippen molar-refractivity contribution in [2.24, 2.45) is 0 Å². The first kappa shape index (κ1) is 12.1. The van der Waals surface area contributed by atoms with Crippen LogP contribution in [0, 0.1) is 0 Å². The molecule has 0 spiro atoms. The Morgan fingerprint density at radius 1 is 1.35 bits per heavy atom. The molecular weight excluding hydrogens is 216 g/mol. The third-order valence-corrected chi connectivity index (χ3v) is 3.09. The maximum Gasteiger partial charge on any atom is 0.239 e. The van der Waals surface area contributed by atoms with Crippen LogP contribution in [0.4, 0.5) is 0 Å². The molecule has 1 amide bonds. The fourth-order valence-electron chi connectivity index (χ4n) is 2.01. The predicted molar refractivity (Wildman–Crippen MR) is 65.2 cm³/mol. The molecule has 0 radical (unpaired) electrons.